The molecule has 0 aliphatic rings. The number of aromatic nitrogens is 2. The number of rotatable bonds is 5. The Kier molecular flexibility index (Phi) is 4.83. The van der Waals surface area contributed by atoms with Crippen molar-refractivity contribution in [1.82, 2.24) is 9.78 Å². The number of benzene rings is 1. The van der Waals surface area contributed by atoms with Crippen molar-refractivity contribution in [3.63, 3.8) is 0 Å². The van der Waals surface area contributed by atoms with Crippen LogP contribution in [0.1, 0.15) is 11.3 Å². The molecule has 2 aromatic rings. The van der Waals surface area contributed by atoms with Crippen molar-refractivity contribution in [2.45, 2.75) is 18.2 Å². The monoisotopic (exact) mass is 312 g/mol. The molecule has 106 valence electrons. The van der Waals surface area contributed by atoms with E-state index in [-0.39, 0.29) is 23.8 Å². The second-order valence-corrected chi connectivity index (χ2v) is 5.79. The first-order chi connectivity index (χ1) is 9.49. The first-order valence-corrected chi connectivity index (χ1v) is 7.42. The summed E-state index contributed by atoms with van der Waals surface area (Å²) >= 11 is 7.28. The number of carbonyl (C=O) groups excluding carboxylic acids is 1. The molecule has 0 atom stereocenters. The van der Waals surface area contributed by atoms with E-state index in [9.17, 15) is 9.18 Å². The summed E-state index contributed by atoms with van der Waals surface area (Å²) in [5.41, 5.74) is 1.50. The standard InChI is InChI=1S/C14H14ClFN2OS/c1-9-11(14(15)18(2)17-9)7-10(19)8-20-13-6-4-3-5-12(13)16/h3-6H,7-8H2,1-2H3. The van der Waals surface area contributed by atoms with Crippen LogP contribution in [0.25, 0.3) is 0 Å². The molecule has 3 nitrogen and oxygen atoms in total. The maximum absolute atomic E-state index is 13.4. The Balaban J connectivity index is 1.98. The molecule has 0 saturated heterocycles. The van der Waals surface area contributed by atoms with E-state index in [1.807, 2.05) is 6.92 Å². The van der Waals surface area contributed by atoms with Gasteiger partial charge in [0.2, 0.25) is 0 Å². The third-order valence-corrected chi connectivity index (χ3v) is 4.45. The molecule has 0 N–H and O–H groups in total. The Morgan fingerprint density at radius 1 is 1.45 bits per heavy atom. The Morgan fingerprint density at radius 3 is 2.75 bits per heavy atom. The molecule has 0 fully saturated rings. The molecule has 0 spiro atoms. The normalized spacial score (nSPS) is 10.8. The fourth-order valence-corrected chi connectivity index (χ4v) is 2.88. The fourth-order valence-electron chi connectivity index (χ4n) is 1.84. The van der Waals surface area contributed by atoms with Crippen molar-refractivity contribution in [1.29, 1.82) is 0 Å². The van der Waals surface area contributed by atoms with E-state index in [4.69, 9.17) is 11.6 Å². The fraction of sp³-hybridized carbons (Fsp3) is 0.286. The van der Waals surface area contributed by atoms with E-state index in [0.29, 0.717) is 10.0 Å². The first-order valence-electron chi connectivity index (χ1n) is 6.06. The summed E-state index contributed by atoms with van der Waals surface area (Å²) in [5.74, 6) is -0.0943. The second kappa shape index (κ2) is 6.41. The second-order valence-electron chi connectivity index (χ2n) is 4.41. The summed E-state index contributed by atoms with van der Waals surface area (Å²) in [6, 6.07) is 6.42. The Labute approximate surface area is 126 Å². The van der Waals surface area contributed by atoms with Gasteiger partial charge in [0.25, 0.3) is 0 Å². The van der Waals surface area contributed by atoms with Gasteiger partial charge in [-0.25, -0.2) is 4.39 Å². The van der Waals surface area contributed by atoms with Crippen molar-refractivity contribution >= 4 is 29.1 Å². The summed E-state index contributed by atoms with van der Waals surface area (Å²) in [4.78, 5) is 12.5. The van der Waals surface area contributed by atoms with Crippen LogP contribution in [0.5, 0.6) is 0 Å². The molecule has 0 radical (unpaired) electrons. The van der Waals surface area contributed by atoms with E-state index < -0.39 is 0 Å². The Morgan fingerprint density at radius 2 is 2.15 bits per heavy atom. The highest BCUT2D eigenvalue weighted by Crippen LogP contribution is 2.23. The highest BCUT2D eigenvalue weighted by molar-refractivity contribution is 8.00. The molecule has 2 rings (SSSR count). The van der Waals surface area contributed by atoms with Crippen LogP contribution in [0.2, 0.25) is 5.15 Å². The number of hydrogen-bond acceptors (Lipinski definition) is 3. The minimum absolute atomic E-state index is 0.00347. The van der Waals surface area contributed by atoms with Crippen LogP contribution in [0, 0.1) is 12.7 Å². The number of carbonyl (C=O) groups is 1. The lowest BCUT2D eigenvalue weighted by molar-refractivity contribution is -0.116. The average molecular weight is 313 g/mol. The van der Waals surface area contributed by atoms with Crippen molar-refractivity contribution in [3.8, 4) is 0 Å². The van der Waals surface area contributed by atoms with Gasteiger partial charge in [-0.15, -0.1) is 11.8 Å². The summed E-state index contributed by atoms with van der Waals surface area (Å²) in [6.07, 6.45) is 0.222. The minimum atomic E-state index is -0.305. The number of hydrogen-bond donors (Lipinski definition) is 0. The molecule has 1 aromatic heterocycles. The third-order valence-electron chi connectivity index (χ3n) is 2.87. The number of ketones is 1. The van der Waals surface area contributed by atoms with Gasteiger partial charge in [-0.3, -0.25) is 9.48 Å². The smallest absolute Gasteiger partial charge is 0.147 e. The van der Waals surface area contributed by atoms with Gasteiger partial charge >= 0.3 is 0 Å². The molecule has 0 aliphatic heterocycles. The van der Waals surface area contributed by atoms with Crippen LogP contribution < -0.4 is 0 Å². The lowest BCUT2D eigenvalue weighted by Gasteiger charge is -2.03. The molecule has 0 unspecified atom stereocenters. The number of Topliss-reactive ketones (excluding diaryl/α,β-unsaturated/α-hetero) is 1. The first kappa shape index (κ1) is 15.1. The maximum Gasteiger partial charge on any atom is 0.147 e. The van der Waals surface area contributed by atoms with Gasteiger partial charge in [0.1, 0.15) is 16.8 Å². The molecule has 1 aromatic carbocycles. The quantitative estimate of drug-likeness (QED) is 0.793. The summed E-state index contributed by atoms with van der Waals surface area (Å²) in [7, 11) is 1.73. The van der Waals surface area contributed by atoms with Gasteiger partial charge in [0.15, 0.2) is 0 Å². The predicted octanol–water partition coefficient (Wildman–Crippen LogP) is 3.42. The Bertz CT molecular complexity index is 642. The number of halogens is 2. The number of nitrogens with zero attached hydrogens (tertiary/aromatic N) is 2. The van der Waals surface area contributed by atoms with E-state index in [1.165, 1.54) is 17.8 Å². The topological polar surface area (TPSA) is 34.9 Å². The van der Waals surface area contributed by atoms with Crippen LogP contribution >= 0.6 is 23.4 Å². The van der Waals surface area contributed by atoms with Crippen LogP contribution in [0.4, 0.5) is 4.39 Å². The SMILES string of the molecule is Cc1nn(C)c(Cl)c1CC(=O)CSc1ccccc1F. The number of aryl methyl sites for hydroxylation is 2. The molecule has 0 saturated carbocycles. The summed E-state index contributed by atoms with van der Waals surface area (Å²) in [6.45, 7) is 1.82. The van der Waals surface area contributed by atoms with Crippen molar-refractivity contribution < 1.29 is 9.18 Å². The summed E-state index contributed by atoms with van der Waals surface area (Å²) in [5, 5.41) is 4.64. The molecule has 0 amide bonds. The minimum Gasteiger partial charge on any atom is -0.298 e. The predicted molar refractivity (Wildman–Crippen MR) is 78.8 cm³/mol. The van der Waals surface area contributed by atoms with Crippen molar-refractivity contribution in [2.75, 3.05) is 5.75 Å². The van der Waals surface area contributed by atoms with Crippen LogP contribution in [0.15, 0.2) is 29.2 Å². The molecule has 1 heterocycles. The molecular formula is C14H14ClFN2OS. The van der Waals surface area contributed by atoms with Crippen molar-refractivity contribution in [2.24, 2.45) is 7.05 Å². The highest BCUT2D eigenvalue weighted by Gasteiger charge is 2.15. The molecule has 6 heteroatoms. The molecule has 0 aliphatic carbocycles. The lowest BCUT2D eigenvalue weighted by atomic mass is 10.1. The Hall–Kier alpha value is -1.33. The van der Waals surface area contributed by atoms with Gasteiger partial charge in [-0.2, -0.15) is 5.10 Å². The van der Waals surface area contributed by atoms with Crippen molar-refractivity contribution in [3.05, 3.63) is 46.5 Å². The van der Waals surface area contributed by atoms with Gasteiger partial charge in [0.05, 0.1) is 11.4 Å². The maximum atomic E-state index is 13.4. The van der Waals surface area contributed by atoms with Gasteiger partial charge in [-0.05, 0) is 19.1 Å². The zero-order valence-electron chi connectivity index (χ0n) is 11.2. The molecular weight excluding hydrogens is 299 g/mol. The van der Waals surface area contributed by atoms with E-state index in [0.717, 1.165) is 11.3 Å². The largest absolute Gasteiger partial charge is 0.298 e. The average Bonchev–Trinajstić information content (AvgIpc) is 2.64. The number of thioether (sulfide) groups is 1. The van der Waals surface area contributed by atoms with Crippen LogP contribution in [0.3, 0.4) is 0 Å². The van der Waals surface area contributed by atoms with Crippen LogP contribution in [-0.2, 0) is 18.3 Å². The van der Waals surface area contributed by atoms with E-state index >= 15 is 0 Å². The molecule has 20 heavy (non-hydrogen) atoms. The van der Waals surface area contributed by atoms with Gasteiger partial charge < -0.3 is 0 Å². The summed E-state index contributed by atoms with van der Waals surface area (Å²) < 4.78 is 15.0. The van der Waals surface area contributed by atoms with E-state index in [2.05, 4.69) is 5.10 Å². The lowest BCUT2D eigenvalue weighted by Crippen LogP contribution is -2.07. The zero-order valence-corrected chi connectivity index (χ0v) is 12.8. The van der Waals surface area contributed by atoms with Gasteiger partial charge in [-0.1, -0.05) is 23.7 Å². The van der Waals surface area contributed by atoms with Crippen LogP contribution in [-0.4, -0.2) is 21.3 Å². The highest BCUT2D eigenvalue weighted by atomic mass is 35.5. The van der Waals surface area contributed by atoms with E-state index in [1.54, 1.807) is 29.9 Å². The van der Waals surface area contributed by atoms with Gasteiger partial charge in [0, 0.05) is 23.9 Å². The third kappa shape index (κ3) is 3.41. The molecule has 0 bridgehead atoms. The zero-order chi connectivity index (χ0) is 14.7.